The van der Waals surface area contributed by atoms with Crippen molar-refractivity contribution >= 4 is 12.0 Å². The van der Waals surface area contributed by atoms with Crippen LogP contribution >= 0.6 is 0 Å². The lowest BCUT2D eigenvalue weighted by Gasteiger charge is -2.36. The van der Waals surface area contributed by atoms with Gasteiger partial charge >= 0.3 is 6.09 Å². The van der Waals surface area contributed by atoms with Gasteiger partial charge < -0.3 is 19.3 Å². The van der Waals surface area contributed by atoms with E-state index in [2.05, 4.69) is 10.0 Å². The SMILES string of the molecule is C/C=C(/C)[C@@H]1N(C(=O)[C@@H](N=[N+]=[N-])[C@H](O)c2ccc3c(c2)OCCO3)C(=O)OC1(c1ccccc1)c1ccccc1. The Morgan fingerprint density at radius 1 is 1.05 bits per heavy atom. The molecule has 0 unspecified atom stereocenters. The van der Waals surface area contributed by atoms with Crippen LogP contribution in [0, 0.1) is 0 Å². The molecule has 2 aliphatic heterocycles. The number of nitrogens with zero attached hydrogens (tertiary/aromatic N) is 4. The minimum absolute atomic E-state index is 0.263. The van der Waals surface area contributed by atoms with Crippen LogP contribution < -0.4 is 9.47 Å². The molecule has 3 atom stereocenters. The number of fused-ring (bicyclic) bond motifs is 1. The van der Waals surface area contributed by atoms with Crippen LogP contribution in [0.4, 0.5) is 4.79 Å². The standard InChI is InChI=1S/C30H28N4O6/c1-3-19(2)27-30(21-10-6-4-7-11-21,22-12-8-5-9-13-22)40-29(37)34(27)28(36)25(32-33-31)26(35)20-14-15-23-24(18-20)39-17-16-38-23/h3-15,18,25-27,35H,16-17H2,1-2H3/b19-3-/t25-,26+,27-/m0/s1. The molecule has 2 aliphatic rings. The number of allylic oxidation sites excluding steroid dienone is 1. The minimum atomic E-state index is -1.67. The fraction of sp³-hybridized carbons (Fsp3) is 0.267. The van der Waals surface area contributed by atoms with Crippen LogP contribution in [-0.2, 0) is 15.1 Å². The third kappa shape index (κ3) is 4.53. The molecule has 5 rings (SSSR count). The highest BCUT2D eigenvalue weighted by Gasteiger charge is 2.59. The molecule has 1 saturated heterocycles. The molecule has 0 radical (unpaired) electrons. The van der Waals surface area contributed by atoms with Gasteiger partial charge in [-0.3, -0.25) is 4.79 Å². The first-order valence-electron chi connectivity index (χ1n) is 12.8. The summed E-state index contributed by atoms with van der Waals surface area (Å²) in [6.07, 6.45) is -0.702. The number of hydrogen-bond acceptors (Lipinski definition) is 7. The first kappa shape index (κ1) is 26.8. The monoisotopic (exact) mass is 540 g/mol. The van der Waals surface area contributed by atoms with Gasteiger partial charge in [-0.05, 0) is 42.6 Å². The summed E-state index contributed by atoms with van der Waals surface area (Å²) in [6, 6.07) is 20.4. The quantitative estimate of drug-likeness (QED) is 0.184. The number of rotatable bonds is 7. The Morgan fingerprint density at radius 3 is 2.23 bits per heavy atom. The number of imide groups is 1. The summed E-state index contributed by atoms with van der Waals surface area (Å²) in [6.45, 7) is 4.32. The van der Waals surface area contributed by atoms with Gasteiger partial charge in [0.2, 0.25) is 5.91 Å². The Hall–Kier alpha value is -4.79. The maximum absolute atomic E-state index is 14.1. The lowest BCUT2D eigenvalue weighted by atomic mass is 9.77. The molecule has 204 valence electrons. The lowest BCUT2D eigenvalue weighted by molar-refractivity contribution is -0.133. The second kappa shape index (κ2) is 11.1. The fourth-order valence-electron chi connectivity index (χ4n) is 5.27. The molecular weight excluding hydrogens is 512 g/mol. The van der Waals surface area contributed by atoms with Gasteiger partial charge in [0.05, 0.1) is 6.10 Å². The van der Waals surface area contributed by atoms with Gasteiger partial charge in [-0.25, -0.2) is 9.69 Å². The number of carbonyl (C=O) groups excluding carboxylic acids is 2. The molecule has 0 bridgehead atoms. The van der Waals surface area contributed by atoms with Crippen LogP contribution in [0.25, 0.3) is 10.4 Å². The zero-order valence-electron chi connectivity index (χ0n) is 22.0. The number of amides is 2. The number of ether oxygens (including phenoxy) is 3. The summed E-state index contributed by atoms with van der Waals surface area (Å²) in [7, 11) is 0. The van der Waals surface area contributed by atoms with E-state index in [1.807, 2.05) is 60.7 Å². The number of cyclic esters (lactones) is 1. The second-order valence-electron chi connectivity index (χ2n) is 9.48. The van der Waals surface area contributed by atoms with Gasteiger partial charge in [-0.1, -0.05) is 77.9 Å². The molecule has 3 aromatic carbocycles. The number of hydrogen-bond donors (Lipinski definition) is 1. The number of carbonyl (C=O) groups is 2. The zero-order chi connectivity index (χ0) is 28.3. The van der Waals surface area contributed by atoms with E-state index < -0.39 is 35.8 Å². The van der Waals surface area contributed by atoms with Crippen LogP contribution in [0.1, 0.15) is 36.6 Å². The van der Waals surface area contributed by atoms with Crippen molar-refractivity contribution in [1.29, 1.82) is 0 Å². The summed E-state index contributed by atoms with van der Waals surface area (Å²) in [5, 5.41) is 14.9. The Balaban J connectivity index is 1.61. The van der Waals surface area contributed by atoms with E-state index >= 15 is 0 Å². The highest BCUT2D eigenvalue weighted by atomic mass is 16.6. The average molecular weight is 541 g/mol. The van der Waals surface area contributed by atoms with Crippen molar-refractivity contribution in [3.8, 4) is 11.5 Å². The normalized spacial score (nSPS) is 19.3. The van der Waals surface area contributed by atoms with E-state index in [4.69, 9.17) is 14.2 Å². The van der Waals surface area contributed by atoms with Gasteiger partial charge in [0.25, 0.3) is 0 Å². The van der Waals surface area contributed by atoms with Crippen molar-refractivity contribution in [3.63, 3.8) is 0 Å². The highest BCUT2D eigenvalue weighted by Crippen LogP contribution is 2.48. The minimum Gasteiger partial charge on any atom is -0.486 e. The molecule has 2 heterocycles. The Morgan fingerprint density at radius 2 is 1.65 bits per heavy atom. The van der Waals surface area contributed by atoms with Crippen molar-refractivity contribution in [1.82, 2.24) is 4.90 Å². The number of azide groups is 1. The van der Waals surface area contributed by atoms with Crippen molar-refractivity contribution < 1.29 is 28.9 Å². The van der Waals surface area contributed by atoms with Crippen LogP contribution in [0.5, 0.6) is 11.5 Å². The van der Waals surface area contributed by atoms with Gasteiger partial charge in [0.15, 0.2) is 17.1 Å². The summed E-state index contributed by atoms with van der Waals surface area (Å²) in [5.74, 6) is -0.00767. The molecule has 40 heavy (non-hydrogen) atoms. The molecule has 0 spiro atoms. The molecule has 0 aliphatic carbocycles. The lowest BCUT2D eigenvalue weighted by Crippen LogP contribution is -2.51. The maximum atomic E-state index is 14.1. The van der Waals surface area contributed by atoms with Gasteiger partial charge in [0.1, 0.15) is 25.3 Å². The molecular formula is C30H28N4O6. The summed E-state index contributed by atoms with van der Waals surface area (Å²) >= 11 is 0. The van der Waals surface area contributed by atoms with Gasteiger partial charge in [-0.15, -0.1) is 0 Å². The molecule has 10 heteroatoms. The second-order valence-corrected chi connectivity index (χ2v) is 9.48. The van der Waals surface area contributed by atoms with Crippen molar-refractivity contribution in [2.75, 3.05) is 13.2 Å². The van der Waals surface area contributed by atoms with Crippen molar-refractivity contribution in [2.45, 2.75) is 37.6 Å². The smallest absolute Gasteiger partial charge is 0.418 e. The average Bonchev–Trinajstić information content (AvgIpc) is 3.33. The Kier molecular flexibility index (Phi) is 7.46. The van der Waals surface area contributed by atoms with Crippen LogP contribution in [0.15, 0.2) is 95.6 Å². The summed E-state index contributed by atoms with van der Waals surface area (Å²) in [5.41, 5.74) is 10.2. The Labute approximate surface area is 231 Å². The van der Waals surface area contributed by atoms with E-state index in [0.29, 0.717) is 41.4 Å². The van der Waals surface area contributed by atoms with Crippen molar-refractivity contribution in [3.05, 3.63) is 118 Å². The predicted molar refractivity (Wildman–Crippen MR) is 146 cm³/mol. The van der Waals surface area contributed by atoms with Crippen LogP contribution in [0.2, 0.25) is 0 Å². The highest BCUT2D eigenvalue weighted by molar-refractivity contribution is 5.98. The van der Waals surface area contributed by atoms with Crippen molar-refractivity contribution in [2.24, 2.45) is 5.11 Å². The summed E-state index contributed by atoms with van der Waals surface area (Å²) in [4.78, 5) is 31.6. The largest absolute Gasteiger partial charge is 0.486 e. The Bertz CT molecular complexity index is 1450. The number of aliphatic hydroxyl groups excluding tert-OH is 1. The molecule has 0 saturated carbocycles. The third-order valence-corrected chi connectivity index (χ3v) is 7.25. The first-order valence-corrected chi connectivity index (χ1v) is 12.8. The van der Waals surface area contributed by atoms with E-state index in [9.17, 15) is 20.2 Å². The first-order chi connectivity index (χ1) is 19.4. The molecule has 1 fully saturated rings. The van der Waals surface area contributed by atoms with E-state index in [1.54, 1.807) is 32.1 Å². The molecule has 10 nitrogen and oxygen atoms in total. The molecule has 3 aromatic rings. The summed E-state index contributed by atoms with van der Waals surface area (Å²) < 4.78 is 17.3. The predicted octanol–water partition coefficient (Wildman–Crippen LogP) is 5.43. The number of benzene rings is 3. The van der Waals surface area contributed by atoms with Gasteiger partial charge in [0, 0.05) is 16.0 Å². The van der Waals surface area contributed by atoms with E-state index in [0.717, 1.165) is 4.90 Å². The van der Waals surface area contributed by atoms with Gasteiger partial charge in [-0.2, -0.15) is 0 Å². The maximum Gasteiger partial charge on any atom is 0.418 e. The molecule has 1 N–H and O–H groups in total. The van der Waals surface area contributed by atoms with Crippen LogP contribution in [-0.4, -0.2) is 47.3 Å². The fourth-order valence-corrected chi connectivity index (χ4v) is 5.27. The number of aliphatic hydroxyl groups is 1. The third-order valence-electron chi connectivity index (χ3n) is 7.25. The van der Waals surface area contributed by atoms with E-state index in [1.165, 1.54) is 6.07 Å². The molecule has 2 amide bonds. The van der Waals surface area contributed by atoms with Crippen LogP contribution in [0.3, 0.4) is 0 Å². The topological polar surface area (TPSA) is 134 Å². The zero-order valence-corrected chi connectivity index (χ0v) is 22.0. The molecule has 0 aromatic heterocycles. The van der Waals surface area contributed by atoms with E-state index in [-0.39, 0.29) is 5.56 Å².